The Morgan fingerprint density at radius 2 is 0.361 bits per heavy atom. The molecule has 692 valence electrons. The second-order valence-corrected chi connectivity index (χ2v) is 38.1. The fourth-order valence-electron chi connectivity index (χ4n) is 21.6. The van der Waals surface area contributed by atoms with Gasteiger partial charge in [-0.1, -0.05) is 408 Å². The molecule has 0 fully saturated rings. The van der Waals surface area contributed by atoms with Crippen molar-refractivity contribution >= 4 is 133 Å². The van der Waals surface area contributed by atoms with Gasteiger partial charge in [0.1, 0.15) is 23.3 Å². The second-order valence-electron chi connectivity index (χ2n) is 38.1. The number of halogens is 4. The minimum absolute atomic E-state index is 0.336. The Hall–Kier alpha value is -17.7. The van der Waals surface area contributed by atoms with E-state index in [4.69, 9.17) is 0 Å². The Balaban J connectivity index is 0.000000159. The van der Waals surface area contributed by atoms with Crippen molar-refractivity contribution in [2.45, 2.75) is 55.4 Å². The zero-order valence-electron chi connectivity index (χ0n) is 81.2. The maximum absolute atomic E-state index is 17.6. The highest BCUT2D eigenvalue weighted by Crippen LogP contribution is 2.58. The van der Waals surface area contributed by atoms with Crippen LogP contribution in [0.4, 0.5) is 85.8 Å². The van der Waals surface area contributed by atoms with E-state index >= 15 is 17.6 Å². The molecule has 24 aromatic carbocycles. The molecule has 0 aliphatic rings. The average molecular weight is 1870 g/mol. The van der Waals surface area contributed by atoms with E-state index < -0.39 is 0 Å². The third kappa shape index (κ3) is 16.5. The number of nitrogens with zero attached hydrogens (tertiary/aromatic N) is 4. The molecule has 0 aliphatic carbocycles. The van der Waals surface area contributed by atoms with Gasteiger partial charge in [0.2, 0.25) is 0 Å². The molecule has 0 aromatic heterocycles. The topological polar surface area (TPSA) is 13.0 Å². The summed E-state index contributed by atoms with van der Waals surface area (Å²) in [7, 11) is 0. The molecule has 0 aliphatic heterocycles. The molecule has 24 rings (SSSR count). The monoisotopic (exact) mass is 1860 g/mol. The van der Waals surface area contributed by atoms with Crippen LogP contribution < -0.4 is 19.6 Å². The van der Waals surface area contributed by atoms with Crippen LogP contribution in [-0.4, -0.2) is 0 Å². The summed E-state index contributed by atoms with van der Waals surface area (Å²) in [6.07, 6.45) is 0. The third-order valence-electron chi connectivity index (χ3n) is 28.3. The molecule has 0 spiro atoms. The molecule has 24 aromatic rings. The van der Waals surface area contributed by atoms with Gasteiger partial charge in [-0.15, -0.1) is 0 Å². The number of benzene rings is 24. The van der Waals surface area contributed by atoms with Gasteiger partial charge in [0.25, 0.3) is 0 Å². The quantitative estimate of drug-likeness (QED) is 0.0557. The number of rotatable bonds is 20. The SMILES string of the molecule is Cc1ccc(-c2ccc(F)c(N(c3ccccc3)c3ccc4ccc5c(N(c6ccccc6)c6c(F)ccc(-c7ccc(C)cc7)c6-c6ccc(C)cc6)ccc6ccc3c4c65)c2-c2ccc(C)cc2)cc1.Cc1cccc(-c2ccc(F)c(N(c3ccccc3)c3ccc4ccc5c(N(c6ccccc6)c6c(F)ccc(-c7cccc(C)c7)c6-c6cccc(C)c6)ccc6ccc3c4c65)c2-c2cccc(C)c2)c1. The molecule has 0 amide bonds. The van der Waals surface area contributed by atoms with Gasteiger partial charge in [0, 0.05) is 66.5 Å². The van der Waals surface area contributed by atoms with Gasteiger partial charge in [-0.25, -0.2) is 17.6 Å². The van der Waals surface area contributed by atoms with Gasteiger partial charge in [-0.05, 0) is 262 Å². The lowest BCUT2D eigenvalue weighted by Gasteiger charge is -2.32. The molecule has 4 nitrogen and oxygen atoms in total. The second kappa shape index (κ2) is 37.8. The molecule has 0 saturated heterocycles. The van der Waals surface area contributed by atoms with E-state index in [-0.39, 0.29) is 23.3 Å². The fraction of sp³-hybridized carbons (Fsp3) is 0.0588. The van der Waals surface area contributed by atoms with Crippen molar-refractivity contribution in [1.29, 1.82) is 0 Å². The van der Waals surface area contributed by atoms with Gasteiger partial charge in [0.15, 0.2) is 0 Å². The highest BCUT2D eigenvalue weighted by Gasteiger charge is 2.34. The summed E-state index contributed by atoms with van der Waals surface area (Å²) in [6, 6.07) is 156. The molecule has 0 saturated carbocycles. The van der Waals surface area contributed by atoms with Gasteiger partial charge < -0.3 is 19.6 Å². The van der Waals surface area contributed by atoms with Crippen LogP contribution in [0.1, 0.15) is 44.5 Å². The third-order valence-corrected chi connectivity index (χ3v) is 28.3. The average Bonchev–Trinajstić information content (AvgIpc) is 0.714. The lowest BCUT2D eigenvalue weighted by molar-refractivity contribution is 0.629. The van der Waals surface area contributed by atoms with Crippen molar-refractivity contribution < 1.29 is 17.6 Å². The molecule has 0 N–H and O–H groups in total. The van der Waals surface area contributed by atoms with Crippen LogP contribution >= 0.6 is 0 Å². The Labute approximate surface area is 837 Å². The smallest absolute Gasteiger partial charge is 0.147 e. The van der Waals surface area contributed by atoms with E-state index in [9.17, 15) is 0 Å². The minimum atomic E-state index is -0.337. The molecule has 8 heteroatoms. The zero-order chi connectivity index (χ0) is 98.1. The van der Waals surface area contributed by atoms with E-state index in [2.05, 4.69) is 403 Å². The molecular formula is C136H100F4N4. The first kappa shape index (κ1) is 90.1. The molecular weight excluding hydrogens is 1770 g/mol. The van der Waals surface area contributed by atoms with E-state index in [0.29, 0.717) is 22.7 Å². The summed E-state index contributed by atoms with van der Waals surface area (Å²) >= 11 is 0. The summed E-state index contributed by atoms with van der Waals surface area (Å²) in [5.74, 6) is -1.35. The van der Waals surface area contributed by atoms with E-state index in [0.717, 1.165) is 244 Å². The molecule has 144 heavy (non-hydrogen) atoms. The van der Waals surface area contributed by atoms with Crippen LogP contribution in [0, 0.1) is 78.7 Å². The van der Waals surface area contributed by atoms with Crippen molar-refractivity contribution in [2.75, 3.05) is 19.6 Å². The van der Waals surface area contributed by atoms with Gasteiger partial charge in [-0.3, -0.25) is 0 Å². The van der Waals surface area contributed by atoms with Crippen LogP contribution in [0.15, 0.2) is 461 Å². The summed E-state index contributed by atoms with van der Waals surface area (Å²) in [6.45, 7) is 16.7. The Bertz CT molecular complexity index is 8480. The van der Waals surface area contributed by atoms with Crippen molar-refractivity contribution in [3.05, 3.63) is 529 Å². The van der Waals surface area contributed by atoms with Crippen molar-refractivity contribution in [1.82, 2.24) is 0 Å². The summed E-state index contributed by atoms with van der Waals surface area (Å²) in [5.41, 5.74) is 32.1. The van der Waals surface area contributed by atoms with Crippen LogP contribution in [0.25, 0.3) is 154 Å². The van der Waals surface area contributed by atoms with Crippen LogP contribution in [0.3, 0.4) is 0 Å². The van der Waals surface area contributed by atoms with Gasteiger partial charge in [-0.2, -0.15) is 0 Å². The number of para-hydroxylation sites is 4. The predicted molar refractivity (Wildman–Crippen MR) is 600 cm³/mol. The Kier molecular flexibility index (Phi) is 23.7. The van der Waals surface area contributed by atoms with Gasteiger partial charge in [0.05, 0.1) is 45.5 Å². The molecule has 0 bridgehead atoms. The van der Waals surface area contributed by atoms with E-state index in [1.165, 1.54) is 0 Å². The fourth-order valence-corrected chi connectivity index (χ4v) is 21.6. The lowest BCUT2D eigenvalue weighted by Crippen LogP contribution is -2.15. The molecule has 0 atom stereocenters. The normalized spacial score (nSPS) is 11.5. The number of aryl methyl sites for hydroxylation is 8. The first-order valence-electron chi connectivity index (χ1n) is 49.1. The molecule has 0 unspecified atom stereocenters. The summed E-state index contributed by atoms with van der Waals surface area (Å²) in [4.78, 5) is 8.42. The first-order valence-corrected chi connectivity index (χ1v) is 49.1. The zero-order valence-corrected chi connectivity index (χ0v) is 81.2. The predicted octanol–water partition coefficient (Wildman–Crippen LogP) is 39.4. The van der Waals surface area contributed by atoms with E-state index in [1.807, 2.05) is 109 Å². The lowest BCUT2D eigenvalue weighted by atomic mass is 9.89. The number of hydrogen-bond donors (Lipinski definition) is 0. The maximum atomic E-state index is 17.6. The maximum Gasteiger partial charge on any atom is 0.147 e. The Morgan fingerprint density at radius 1 is 0.153 bits per heavy atom. The highest BCUT2D eigenvalue weighted by molar-refractivity contribution is 6.30. The Morgan fingerprint density at radius 3 is 0.604 bits per heavy atom. The first-order chi connectivity index (χ1) is 70.4. The summed E-state index contributed by atoms with van der Waals surface area (Å²) < 4.78 is 70.2. The van der Waals surface area contributed by atoms with Crippen LogP contribution in [-0.2, 0) is 0 Å². The van der Waals surface area contributed by atoms with Crippen molar-refractivity contribution in [2.24, 2.45) is 0 Å². The van der Waals surface area contributed by atoms with Crippen molar-refractivity contribution in [3.8, 4) is 89.0 Å². The number of anilines is 12. The molecule has 0 radical (unpaired) electrons. The molecule has 0 heterocycles. The minimum Gasteiger partial charge on any atom is -0.307 e. The van der Waals surface area contributed by atoms with Gasteiger partial charge >= 0.3 is 0 Å². The summed E-state index contributed by atoms with van der Waals surface area (Å²) in [5, 5.41) is 12.2. The standard InChI is InChI=1S/2C68H50F2N2/c1-43-15-11-19-49(39-43)55-33-35-59(69)67(65(55)51-21-13-17-45(3)41-51)71(53-23-7-5-8-24-53)61-37-29-47-28-32-58-62(38-30-48-27-31-57(61)63(47)64(48)58)72(54-25-9-6-10-26-54)68-60(70)36-34-56(50-20-12-16-44(2)40-50)66(68)52-22-14-18-46(4)42-52;1-43-15-23-47(24-16-43)55-37-39-59(69)67(65(55)51-27-19-45(3)20-28-51)71(53-11-7-5-8-12-53)61-41-33-49-32-36-58-62(42-34-50-31-35-57(61)63(49)64(50)58)72(54-13-9-6-10-14-54)68-60(70)40-38-56(48-25-17-44(2)18-26-48)66(68)52-29-21-46(4)22-30-52/h2*5-42H,1-4H3. The van der Waals surface area contributed by atoms with Crippen LogP contribution in [0.5, 0.6) is 0 Å². The van der Waals surface area contributed by atoms with Crippen LogP contribution in [0.2, 0.25) is 0 Å². The van der Waals surface area contributed by atoms with Crippen molar-refractivity contribution in [3.63, 3.8) is 0 Å². The largest absolute Gasteiger partial charge is 0.307 e. The number of hydrogen-bond acceptors (Lipinski definition) is 4. The highest BCUT2D eigenvalue weighted by atomic mass is 19.1. The van der Waals surface area contributed by atoms with E-state index in [1.54, 1.807) is 24.3 Å².